The standard InChI is InChI=1S/C21H15N3O.C2H6/c22-14-16-8-11-19-20(12-16)24-21(23-19)13-15-6-9-18(10-7-15)25-17-4-2-1-3-5-17;1-2/h1-12H,13H2,(H,23,24);1-2H3. The van der Waals surface area contributed by atoms with Crippen LogP contribution in [0.1, 0.15) is 30.8 Å². The second-order valence-electron chi connectivity index (χ2n) is 5.76. The Morgan fingerprint density at radius 2 is 1.63 bits per heavy atom. The molecule has 0 bridgehead atoms. The molecule has 27 heavy (non-hydrogen) atoms. The van der Waals surface area contributed by atoms with Gasteiger partial charge in [0.25, 0.3) is 0 Å². The lowest BCUT2D eigenvalue weighted by Crippen LogP contribution is -1.91. The third-order valence-corrected chi connectivity index (χ3v) is 3.93. The summed E-state index contributed by atoms with van der Waals surface area (Å²) in [6.45, 7) is 4.00. The van der Waals surface area contributed by atoms with Gasteiger partial charge < -0.3 is 9.72 Å². The second-order valence-corrected chi connectivity index (χ2v) is 5.76. The van der Waals surface area contributed by atoms with Gasteiger partial charge in [-0.2, -0.15) is 5.26 Å². The number of ether oxygens (including phenoxy) is 1. The van der Waals surface area contributed by atoms with Crippen LogP contribution in [0.25, 0.3) is 11.0 Å². The van der Waals surface area contributed by atoms with Gasteiger partial charge in [-0.3, -0.25) is 0 Å². The molecular weight excluding hydrogens is 334 g/mol. The highest BCUT2D eigenvalue weighted by molar-refractivity contribution is 5.76. The number of benzene rings is 3. The van der Waals surface area contributed by atoms with Crippen molar-refractivity contribution in [3.63, 3.8) is 0 Å². The maximum Gasteiger partial charge on any atom is 0.127 e. The summed E-state index contributed by atoms with van der Waals surface area (Å²) < 4.78 is 5.80. The SMILES string of the molecule is CC.N#Cc1ccc2nc(Cc3ccc(Oc4ccccc4)cc3)[nH]c2c1. The predicted octanol–water partition coefficient (Wildman–Crippen LogP) is 5.84. The van der Waals surface area contributed by atoms with Gasteiger partial charge in [-0.15, -0.1) is 0 Å². The monoisotopic (exact) mass is 355 g/mol. The Labute approximate surface area is 159 Å². The molecule has 4 heteroatoms. The van der Waals surface area contributed by atoms with Crippen LogP contribution >= 0.6 is 0 Å². The van der Waals surface area contributed by atoms with Gasteiger partial charge in [-0.25, -0.2) is 4.98 Å². The zero-order valence-corrected chi connectivity index (χ0v) is 15.4. The quantitative estimate of drug-likeness (QED) is 0.500. The highest BCUT2D eigenvalue weighted by Crippen LogP contribution is 2.22. The van der Waals surface area contributed by atoms with Crippen LogP contribution < -0.4 is 4.74 Å². The molecule has 0 atom stereocenters. The minimum atomic E-state index is 0.630. The van der Waals surface area contributed by atoms with E-state index in [1.54, 1.807) is 6.07 Å². The molecule has 4 aromatic rings. The second kappa shape index (κ2) is 8.68. The van der Waals surface area contributed by atoms with Crippen molar-refractivity contribution in [2.75, 3.05) is 0 Å². The molecule has 1 aromatic heterocycles. The number of nitriles is 1. The number of nitrogens with one attached hydrogen (secondary N) is 1. The Hall–Kier alpha value is -3.58. The van der Waals surface area contributed by atoms with Crippen LogP contribution in [-0.4, -0.2) is 9.97 Å². The summed E-state index contributed by atoms with van der Waals surface area (Å²) in [6.07, 6.45) is 0.697. The number of para-hydroxylation sites is 1. The molecule has 1 N–H and O–H groups in total. The van der Waals surface area contributed by atoms with E-state index in [0.29, 0.717) is 12.0 Å². The van der Waals surface area contributed by atoms with Crippen molar-refractivity contribution >= 4 is 11.0 Å². The molecule has 0 unspecified atom stereocenters. The van der Waals surface area contributed by atoms with Crippen LogP contribution in [0.15, 0.2) is 72.8 Å². The number of hydrogen-bond donors (Lipinski definition) is 1. The van der Waals surface area contributed by atoms with Crippen molar-refractivity contribution in [2.24, 2.45) is 0 Å². The van der Waals surface area contributed by atoms with Crippen molar-refractivity contribution in [1.29, 1.82) is 5.26 Å². The minimum Gasteiger partial charge on any atom is -0.457 e. The number of rotatable bonds is 4. The summed E-state index contributed by atoms with van der Waals surface area (Å²) in [5.74, 6) is 2.50. The van der Waals surface area contributed by atoms with Crippen molar-refractivity contribution in [2.45, 2.75) is 20.3 Å². The largest absolute Gasteiger partial charge is 0.457 e. The van der Waals surface area contributed by atoms with Crippen LogP contribution in [0.5, 0.6) is 11.5 Å². The summed E-state index contributed by atoms with van der Waals surface area (Å²) >= 11 is 0. The molecule has 0 saturated carbocycles. The molecule has 0 spiro atoms. The first-order valence-corrected chi connectivity index (χ1v) is 9.01. The highest BCUT2D eigenvalue weighted by Gasteiger charge is 2.05. The molecule has 4 nitrogen and oxygen atoms in total. The number of aromatic nitrogens is 2. The number of imidazole rings is 1. The minimum absolute atomic E-state index is 0.630. The Morgan fingerprint density at radius 3 is 2.33 bits per heavy atom. The molecule has 0 aliphatic rings. The van der Waals surface area contributed by atoms with Crippen LogP contribution in [-0.2, 0) is 6.42 Å². The molecule has 0 aliphatic heterocycles. The lowest BCUT2D eigenvalue weighted by molar-refractivity contribution is 0.482. The topological polar surface area (TPSA) is 61.7 Å². The Morgan fingerprint density at radius 1 is 0.926 bits per heavy atom. The molecule has 3 aromatic carbocycles. The molecule has 0 aliphatic carbocycles. The number of H-pyrrole nitrogens is 1. The van der Waals surface area contributed by atoms with Gasteiger partial charge in [-0.1, -0.05) is 44.2 Å². The lowest BCUT2D eigenvalue weighted by atomic mass is 10.1. The molecule has 0 fully saturated rings. The van der Waals surface area contributed by atoms with Crippen LogP contribution in [0.2, 0.25) is 0 Å². The van der Waals surface area contributed by atoms with E-state index in [4.69, 9.17) is 10.00 Å². The molecule has 134 valence electrons. The van der Waals surface area contributed by atoms with Gasteiger partial charge >= 0.3 is 0 Å². The van der Waals surface area contributed by atoms with Crippen LogP contribution in [0.4, 0.5) is 0 Å². The molecule has 0 amide bonds. The summed E-state index contributed by atoms with van der Waals surface area (Å²) in [5.41, 5.74) is 3.53. The lowest BCUT2D eigenvalue weighted by Gasteiger charge is -2.06. The number of fused-ring (bicyclic) bond motifs is 1. The van der Waals surface area contributed by atoms with Gasteiger partial charge in [0.05, 0.1) is 22.7 Å². The van der Waals surface area contributed by atoms with E-state index < -0.39 is 0 Å². The first-order chi connectivity index (χ1) is 13.3. The maximum atomic E-state index is 8.97. The fraction of sp³-hybridized carbons (Fsp3) is 0.130. The zero-order chi connectivity index (χ0) is 19.1. The van der Waals surface area contributed by atoms with Crippen molar-refractivity contribution < 1.29 is 4.74 Å². The van der Waals surface area contributed by atoms with Crippen LogP contribution in [0, 0.1) is 11.3 Å². The smallest absolute Gasteiger partial charge is 0.127 e. The Bertz CT molecular complexity index is 1040. The van der Waals surface area contributed by atoms with Gasteiger partial charge in [0.1, 0.15) is 17.3 Å². The third kappa shape index (κ3) is 4.53. The Balaban J connectivity index is 0.00000102. The molecular formula is C23H21N3O. The molecule has 0 radical (unpaired) electrons. The average molecular weight is 355 g/mol. The Kier molecular flexibility index (Phi) is 5.86. The normalized spacial score (nSPS) is 9.96. The van der Waals surface area contributed by atoms with E-state index in [1.807, 2.05) is 80.6 Å². The fourth-order valence-electron chi connectivity index (χ4n) is 2.71. The van der Waals surface area contributed by atoms with Gasteiger partial charge in [-0.05, 0) is 48.0 Å². The van der Waals surface area contributed by atoms with Crippen molar-refractivity contribution in [3.05, 3.63) is 89.7 Å². The summed E-state index contributed by atoms with van der Waals surface area (Å²) in [4.78, 5) is 7.86. The van der Waals surface area contributed by atoms with Gasteiger partial charge in [0, 0.05) is 6.42 Å². The van der Waals surface area contributed by atoms with Gasteiger partial charge in [0.15, 0.2) is 0 Å². The van der Waals surface area contributed by atoms with E-state index in [0.717, 1.165) is 33.9 Å². The first kappa shape index (κ1) is 18.2. The zero-order valence-electron chi connectivity index (χ0n) is 15.4. The van der Waals surface area contributed by atoms with Crippen molar-refractivity contribution in [3.8, 4) is 17.6 Å². The highest BCUT2D eigenvalue weighted by atomic mass is 16.5. The summed E-state index contributed by atoms with van der Waals surface area (Å²) in [7, 11) is 0. The molecule has 4 rings (SSSR count). The number of nitrogens with zero attached hydrogens (tertiary/aromatic N) is 2. The maximum absolute atomic E-state index is 8.97. The first-order valence-electron chi connectivity index (χ1n) is 9.01. The van der Waals surface area contributed by atoms with E-state index in [-0.39, 0.29) is 0 Å². The number of aromatic amines is 1. The molecule has 1 heterocycles. The summed E-state index contributed by atoms with van der Waals surface area (Å²) in [5, 5.41) is 8.97. The third-order valence-electron chi connectivity index (χ3n) is 3.93. The molecule has 0 saturated heterocycles. The summed E-state index contributed by atoms with van der Waals surface area (Å²) in [6, 6.07) is 25.3. The van der Waals surface area contributed by atoms with Crippen molar-refractivity contribution in [1.82, 2.24) is 9.97 Å². The fourth-order valence-corrected chi connectivity index (χ4v) is 2.71. The van der Waals surface area contributed by atoms with E-state index in [2.05, 4.69) is 16.0 Å². The van der Waals surface area contributed by atoms with E-state index in [1.165, 1.54) is 0 Å². The number of hydrogen-bond acceptors (Lipinski definition) is 3. The van der Waals surface area contributed by atoms with Gasteiger partial charge in [0.2, 0.25) is 0 Å². The predicted molar refractivity (Wildman–Crippen MR) is 108 cm³/mol. The van der Waals surface area contributed by atoms with E-state index >= 15 is 0 Å². The van der Waals surface area contributed by atoms with Crippen LogP contribution in [0.3, 0.4) is 0 Å². The average Bonchev–Trinajstić information content (AvgIpc) is 3.13. The van der Waals surface area contributed by atoms with E-state index in [9.17, 15) is 0 Å².